The fraction of sp³-hybridized carbons (Fsp3) is 0.333. The fourth-order valence-electron chi connectivity index (χ4n) is 1.52. The van der Waals surface area contributed by atoms with Gasteiger partial charge in [0, 0.05) is 26.2 Å². The van der Waals surface area contributed by atoms with Gasteiger partial charge in [0.2, 0.25) is 5.91 Å². The van der Waals surface area contributed by atoms with E-state index in [-0.39, 0.29) is 18.2 Å². The fourth-order valence-corrected chi connectivity index (χ4v) is 1.52. The van der Waals surface area contributed by atoms with Crippen molar-refractivity contribution >= 4 is 17.6 Å². The van der Waals surface area contributed by atoms with Crippen LogP contribution in [0.25, 0.3) is 0 Å². The molecule has 98 valence electrons. The standard InChI is InChI=1S/C12H16N2O4/c1-8(15)13-11(12(17)18)7-14(2)9-3-5-10(16)6-4-9/h3-6,11,16H,7H2,1-2H3,(H,13,15)(H,17,18). The predicted molar refractivity (Wildman–Crippen MR) is 66.6 cm³/mol. The lowest BCUT2D eigenvalue weighted by molar-refractivity contribution is -0.141. The number of nitrogens with zero attached hydrogens (tertiary/aromatic N) is 1. The Morgan fingerprint density at radius 1 is 1.33 bits per heavy atom. The van der Waals surface area contributed by atoms with Gasteiger partial charge in [-0.05, 0) is 24.3 Å². The number of hydrogen-bond acceptors (Lipinski definition) is 4. The second-order valence-corrected chi connectivity index (χ2v) is 3.99. The maximum atomic E-state index is 11.0. The van der Waals surface area contributed by atoms with E-state index in [1.54, 1.807) is 24.1 Å². The van der Waals surface area contributed by atoms with E-state index in [4.69, 9.17) is 10.2 Å². The molecule has 0 aromatic heterocycles. The molecule has 0 saturated carbocycles. The van der Waals surface area contributed by atoms with Crippen molar-refractivity contribution in [1.29, 1.82) is 0 Å². The second-order valence-electron chi connectivity index (χ2n) is 3.99. The summed E-state index contributed by atoms with van der Waals surface area (Å²) in [6.07, 6.45) is 0. The van der Waals surface area contributed by atoms with Crippen molar-refractivity contribution in [3.8, 4) is 5.75 Å². The molecule has 0 aliphatic carbocycles. The molecule has 1 amide bonds. The Bertz CT molecular complexity index is 430. The lowest BCUT2D eigenvalue weighted by atomic mass is 10.2. The molecule has 1 unspecified atom stereocenters. The molecule has 1 aromatic rings. The van der Waals surface area contributed by atoms with Gasteiger partial charge < -0.3 is 20.4 Å². The quantitative estimate of drug-likeness (QED) is 0.706. The number of nitrogens with one attached hydrogen (secondary N) is 1. The molecule has 0 radical (unpaired) electrons. The average Bonchev–Trinajstić information content (AvgIpc) is 2.28. The first-order chi connectivity index (χ1) is 8.40. The van der Waals surface area contributed by atoms with Gasteiger partial charge in [0.1, 0.15) is 11.8 Å². The van der Waals surface area contributed by atoms with Crippen LogP contribution >= 0.6 is 0 Å². The molecule has 0 spiro atoms. The van der Waals surface area contributed by atoms with Crippen LogP contribution in [0, 0.1) is 0 Å². The van der Waals surface area contributed by atoms with Crippen LogP contribution in [0.5, 0.6) is 5.75 Å². The molecule has 3 N–H and O–H groups in total. The first kappa shape index (κ1) is 13.8. The summed E-state index contributed by atoms with van der Waals surface area (Å²) in [7, 11) is 1.71. The minimum absolute atomic E-state index is 0.139. The van der Waals surface area contributed by atoms with Gasteiger partial charge in [-0.3, -0.25) is 4.79 Å². The average molecular weight is 252 g/mol. The van der Waals surface area contributed by atoms with Crippen molar-refractivity contribution in [1.82, 2.24) is 5.32 Å². The monoisotopic (exact) mass is 252 g/mol. The number of likely N-dealkylation sites (N-methyl/N-ethyl adjacent to an activating group) is 1. The SMILES string of the molecule is CC(=O)NC(CN(C)c1ccc(O)cc1)C(=O)O. The van der Waals surface area contributed by atoms with Crippen LogP contribution in [0.15, 0.2) is 24.3 Å². The second kappa shape index (κ2) is 5.90. The largest absolute Gasteiger partial charge is 0.508 e. The Balaban J connectivity index is 2.71. The Kier molecular flexibility index (Phi) is 4.53. The van der Waals surface area contributed by atoms with E-state index in [1.807, 2.05) is 0 Å². The zero-order valence-electron chi connectivity index (χ0n) is 10.3. The van der Waals surface area contributed by atoms with Crippen molar-refractivity contribution in [2.75, 3.05) is 18.5 Å². The molecule has 6 nitrogen and oxygen atoms in total. The van der Waals surface area contributed by atoms with Crippen molar-refractivity contribution in [2.24, 2.45) is 0 Å². The summed E-state index contributed by atoms with van der Waals surface area (Å²) in [6, 6.07) is 5.39. The highest BCUT2D eigenvalue weighted by Crippen LogP contribution is 2.17. The smallest absolute Gasteiger partial charge is 0.328 e. The predicted octanol–water partition coefficient (Wildman–Crippen LogP) is 0.418. The van der Waals surface area contributed by atoms with Gasteiger partial charge >= 0.3 is 5.97 Å². The van der Waals surface area contributed by atoms with Gasteiger partial charge in [-0.25, -0.2) is 4.79 Å². The number of anilines is 1. The van der Waals surface area contributed by atoms with Gasteiger partial charge in [-0.2, -0.15) is 0 Å². The number of carbonyl (C=O) groups excluding carboxylic acids is 1. The van der Waals surface area contributed by atoms with E-state index in [0.29, 0.717) is 0 Å². The summed E-state index contributed by atoms with van der Waals surface area (Å²) < 4.78 is 0. The van der Waals surface area contributed by atoms with Crippen LogP contribution in [-0.4, -0.2) is 41.7 Å². The molecule has 0 bridgehead atoms. The zero-order chi connectivity index (χ0) is 13.7. The van der Waals surface area contributed by atoms with Gasteiger partial charge in [-0.15, -0.1) is 0 Å². The highest BCUT2D eigenvalue weighted by Gasteiger charge is 2.20. The third-order valence-electron chi connectivity index (χ3n) is 2.42. The number of amides is 1. The summed E-state index contributed by atoms with van der Waals surface area (Å²) in [5.41, 5.74) is 0.754. The molecule has 0 heterocycles. The highest BCUT2D eigenvalue weighted by molar-refractivity contribution is 5.82. The normalized spacial score (nSPS) is 11.7. The number of carboxylic acid groups (broad SMARTS) is 1. The number of aromatic hydroxyl groups is 1. The van der Waals surface area contributed by atoms with Crippen molar-refractivity contribution in [2.45, 2.75) is 13.0 Å². The number of phenols is 1. The van der Waals surface area contributed by atoms with Crippen LogP contribution < -0.4 is 10.2 Å². The van der Waals surface area contributed by atoms with E-state index in [1.165, 1.54) is 19.1 Å². The Hall–Kier alpha value is -2.24. The zero-order valence-corrected chi connectivity index (χ0v) is 10.3. The van der Waals surface area contributed by atoms with Gasteiger partial charge in [0.05, 0.1) is 0 Å². The third-order valence-corrected chi connectivity index (χ3v) is 2.42. The van der Waals surface area contributed by atoms with Gasteiger partial charge in [-0.1, -0.05) is 0 Å². The third kappa shape index (κ3) is 3.97. The molecular formula is C12H16N2O4. The molecule has 1 rings (SSSR count). The number of rotatable bonds is 5. The topological polar surface area (TPSA) is 89.9 Å². The van der Waals surface area contributed by atoms with E-state index in [0.717, 1.165) is 5.69 Å². The lowest BCUT2D eigenvalue weighted by Gasteiger charge is -2.23. The summed E-state index contributed by atoms with van der Waals surface area (Å²) >= 11 is 0. The van der Waals surface area contributed by atoms with Gasteiger partial charge in [0.15, 0.2) is 0 Å². The Morgan fingerprint density at radius 3 is 2.33 bits per heavy atom. The van der Waals surface area contributed by atoms with E-state index in [9.17, 15) is 9.59 Å². The summed E-state index contributed by atoms with van der Waals surface area (Å²) in [6.45, 7) is 1.41. The minimum atomic E-state index is -1.09. The van der Waals surface area contributed by atoms with Gasteiger partial charge in [0.25, 0.3) is 0 Å². The molecular weight excluding hydrogens is 236 g/mol. The Morgan fingerprint density at radius 2 is 1.89 bits per heavy atom. The molecule has 1 aromatic carbocycles. The molecule has 1 atom stereocenters. The lowest BCUT2D eigenvalue weighted by Crippen LogP contribution is -2.47. The van der Waals surface area contributed by atoms with Crippen LogP contribution in [-0.2, 0) is 9.59 Å². The number of phenolic OH excluding ortho intramolecular Hbond substituents is 1. The summed E-state index contributed by atoms with van der Waals surface area (Å²) in [4.78, 5) is 23.6. The van der Waals surface area contributed by atoms with Crippen LogP contribution in [0.2, 0.25) is 0 Å². The molecule has 6 heteroatoms. The van der Waals surface area contributed by atoms with Crippen LogP contribution in [0.4, 0.5) is 5.69 Å². The minimum Gasteiger partial charge on any atom is -0.508 e. The first-order valence-corrected chi connectivity index (χ1v) is 5.40. The number of carboxylic acids is 1. The molecule has 0 saturated heterocycles. The molecule has 0 aliphatic rings. The number of benzene rings is 1. The highest BCUT2D eigenvalue weighted by atomic mass is 16.4. The molecule has 18 heavy (non-hydrogen) atoms. The van der Waals surface area contributed by atoms with Crippen molar-refractivity contribution in [3.63, 3.8) is 0 Å². The van der Waals surface area contributed by atoms with Crippen molar-refractivity contribution < 1.29 is 19.8 Å². The number of aliphatic carboxylic acids is 1. The number of carbonyl (C=O) groups is 2. The van der Waals surface area contributed by atoms with Crippen LogP contribution in [0.3, 0.4) is 0 Å². The molecule has 0 fully saturated rings. The maximum absolute atomic E-state index is 11.0. The van der Waals surface area contributed by atoms with Crippen LogP contribution in [0.1, 0.15) is 6.92 Å². The van der Waals surface area contributed by atoms with Crippen molar-refractivity contribution in [3.05, 3.63) is 24.3 Å². The summed E-state index contributed by atoms with van der Waals surface area (Å²) in [5, 5.41) is 20.5. The molecule has 0 aliphatic heterocycles. The first-order valence-electron chi connectivity index (χ1n) is 5.40. The Labute approximate surface area is 105 Å². The number of hydrogen-bond donors (Lipinski definition) is 3. The van der Waals surface area contributed by atoms with E-state index < -0.39 is 12.0 Å². The summed E-state index contributed by atoms with van der Waals surface area (Å²) in [5.74, 6) is -1.33. The van der Waals surface area contributed by atoms with E-state index >= 15 is 0 Å². The van der Waals surface area contributed by atoms with E-state index in [2.05, 4.69) is 5.32 Å². The maximum Gasteiger partial charge on any atom is 0.328 e.